The molecule has 120 valence electrons. The summed E-state index contributed by atoms with van der Waals surface area (Å²) in [5, 5.41) is 2.16. The fourth-order valence-electron chi connectivity index (χ4n) is 2.47. The number of carbonyl (C=O) groups excluding carboxylic acids is 1. The van der Waals surface area contributed by atoms with Crippen LogP contribution < -0.4 is 15.3 Å². The van der Waals surface area contributed by atoms with E-state index in [4.69, 9.17) is 4.74 Å². The molecule has 24 heavy (non-hydrogen) atoms. The first-order valence-corrected chi connectivity index (χ1v) is 8.85. The Morgan fingerprint density at radius 3 is 2.46 bits per heavy atom. The van der Waals surface area contributed by atoms with Crippen molar-refractivity contribution in [1.82, 2.24) is 0 Å². The van der Waals surface area contributed by atoms with E-state index in [-0.39, 0.29) is 0 Å². The summed E-state index contributed by atoms with van der Waals surface area (Å²) in [4.78, 5) is 11.3. The molecule has 0 aliphatic heterocycles. The Morgan fingerprint density at radius 2 is 1.67 bits per heavy atom. The van der Waals surface area contributed by atoms with Crippen LogP contribution in [0.15, 0.2) is 72.8 Å². The van der Waals surface area contributed by atoms with Gasteiger partial charge in [-0.2, -0.15) is 0 Å². The van der Waals surface area contributed by atoms with Gasteiger partial charge in [-0.25, -0.2) is 0 Å². The van der Waals surface area contributed by atoms with Crippen LogP contribution in [0.25, 0.3) is 0 Å². The van der Waals surface area contributed by atoms with Crippen LogP contribution in [0.2, 0.25) is 0 Å². The van der Waals surface area contributed by atoms with E-state index in [0.29, 0.717) is 15.2 Å². The molecular formula is C21H19O2P. The van der Waals surface area contributed by atoms with Crippen molar-refractivity contribution in [3.8, 4) is 5.75 Å². The highest BCUT2D eigenvalue weighted by Gasteiger charge is 2.08. The average molecular weight is 334 g/mol. The molecule has 0 heterocycles. The third kappa shape index (κ3) is 4.10. The number of hydrogen-bond donors (Lipinski definition) is 0. The van der Waals surface area contributed by atoms with Gasteiger partial charge in [0.05, 0.1) is 0 Å². The maximum atomic E-state index is 11.3. The topological polar surface area (TPSA) is 26.3 Å². The van der Waals surface area contributed by atoms with Gasteiger partial charge in [-0.3, -0.25) is 4.79 Å². The lowest BCUT2D eigenvalue weighted by Gasteiger charge is -2.13. The van der Waals surface area contributed by atoms with Crippen LogP contribution in [0.5, 0.6) is 5.75 Å². The Labute approximate surface area is 144 Å². The Kier molecular flexibility index (Phi) is 5.40. The summed E-state index contributed by atoms with van der Waals surface area (Å²) >= 11 is 0. The third-order valence-electron chi connectivity index (χ3n) is 3.73. The first-order chi connectivity index (χ1) is 11.8. The van der Waals surface area contributed by atoms with Gasteiger partial charge in [0, 0.05) is 10.9 Å². The van der Waals surface area contributed by atoms with E-state index in [1.54, 1.807) is 0 Å². The normalized spacial score (nSPS) is 10.9. The first kappa shape index (κ1) is 16.4. The second-order valence-corrected chi connectivity index (χ2v) is 6.93. The lowest BCUT2D eigenvalue weighted by Crippen LogP contribution is -2.11. The van der Waals surface area contributed by atoms with Crippen LogP contribution in [0.3, 0.4) is 0 Å². The van der Waals surface area contributed by atoms with Crippen molar-refractivity contribution in [2.75, 3.05) is 0 Å². The molecule has 0 bridgehead atoms. The first-order valence-electron chi connectivity index (χ1n) is 7.85. The van der Waals surface area contributed by atoms with E-state index in [1.807, 2.05) is 61.5 Å². The lowest BCUT2D eigenvalue weighted by molar-refractivity contribution is 0.112. The second-order valence-electron chi connectivity index (χ2n) is 5.60. The van der Waals surface area contributed by atoms with Crippen molar-refractivity contribution in [3.63, 3.8) is 0 Å². The van der Waals surface area contributed by atoms with E-state index in [0.717, 1.165) is 39.3 Å². The van der Waals surface area contributed by atoms with Gasteiger partial charge in [0.1, 0.15) is 12.4 Å². The Balaban J connectivity index is 1.80. The number of aldehydes is 1. The molecule has 0 fully saturated rings. The van der Waals surface area contributed by atoms with Crippen LogP contribution in [0.1, 0.15) is 21.5 Å². The molecule has 3 heteroatoms. The molecule has 0 saturated carbocycles. The highest BCUT2D eigenvalue weighted by Crippen LogP contribution is 2.21. The van der Waals surface area contributed by atoms with Gasteiger partial charge >= 0.3 is 0 Å². The number of para-hydroxylation sites is 1. The van der Waals surface area contributed by atoms with Crippen molar-refractivity contribution in [3.05, 3.63) is 89.5 Å². The standard InChI is InChI=1S/C21H19O2P/c1-16-11-12-20(18(13-16)14-22)24-21-10-6-5-9-19(21)23-15-17-7-3-2-4-8-17/h2-14,24H,15H2,1H3. The molecule has 1 atom stereocenters. The van der Waals surface area contributed by atoms with Crippen LogP contribution in [-0.2, 0) is 6.61 Å². The summed E-state index contributed by atoms with van der Waals surface area (Å²) in [5.41, 5.74) is 2.99. The Bertz CT molecular complexity index is 828. The minimum Gasteiger partial charge on any atom is -0.488 e. The van der Waals surface area contributed by atoms with Crippen LogP contribution in [0.4, 0.5) is 0 Å². The quantitative estimate of drug-likeness (QED) is 0.503. The van der Waals surface area contributed by atoms with Gasteiger partial charge in [0.25, 0.3) is 0 Å². The number of benzene rings is 3. The van der Waals surface area contributed by atoms with Gasteiger partial charge in [-0.05, 0) is 29.9 Å². The van der Waals surface area contributed by atoms with Gasteiger partial charge in [0.15, 0.2) is 6.29 Å². The van der Waals surface area contributed by atoms with Crippen molar-refractivity contribution in [2.24, 2.45) is 0 Å². The zero-order valence-electron chi connectivity index (χ0n) is 13.5. The highest BCUT2D eigenvalue weighted by atomic mass is 31.1. The summed E-state index contributed by atoms with van der Waals surface area (Å²) in [6, 6.07) is 24.2. The van der Waals surface area contributed by atoms with Gasteiger partial charge < -0.3 is 4.74 Å². The minimum absolute atomic E-state index is 0.389. The molecule has 0 aliphatic rings. The summed E-state index contributed by atoms with van der Waals surface area (Å²) in [5.74, 6) is 0.872. The number of hydrogen-bond acceptors (Lipinski definition) is 2. The predicted molar refractivity (Wildman–Crippen MR) is 101 cm³/mol. The average Bonchev–Trinajstić information content (AvgIpc) is 2.63. The maximum absolute atomic E-state index is 11.3. The van der Waals surface area contributed by atoms with Gasteiger partial charge in [-0.1, -0.05) is 74.8 Å². The Hall–Kier alpha value is -2.44. The zero-order chi connectivity index (χ0) is 16.8. The summed E-state index contributed by atoms with van der Waals surface area (Å²) in [6.45, 7) is 2.54. The Morgan fingerprint density at radius 1 is 0.917 bits per heavy atom. The molecule has 0 aromatic heterocycles. The SMILES string of the molecule is Cc1ccc(Pc2ccccc2OCc2ccccc2)c(C=O)c1. The predicted octanol–water partition coefficient (Wildman–Crippen LogP) is 4.02. The van der Waals surface area contributed by atoms with Gasteiger partial charge in [-0.15, -0.1) is 0 Å². The number of carbonyl (C=O) groups is 1. The zero-order valence-corrected chi connectivity index (χ0v) is 14.5. The lowest BCUT2D eigenvalue weighted by atomic mass is 10.2. The molecule has 3 rings (SSSR count). The molecule has 0 saturated heterocycles. The molecule has 0 spiro atoms. The third-order valence-corrected chi connectivity index (χ3v) is 5.13. The second kappa shape index (κ2) is 7.90. The van der Waals surface area contributed by atoms with Crippen molar-refractivity contribution in [2.45, 2.75) is 13.5 Å². The van der Waals surface area contributed by atoms with Crippen LogP contribution in [-0.4, -0.2) is 6.29 Å². The molecule has 0 aliphatic carbocycles. The molecular weight excluding hydrogens is 315 g/mol. The van der Waals surface area contributed by atoms with Crippen molar-refractivity contribution >= 4 is 25.5 Å². The molecule has 0 amide bonds. The smallest absolute Gasteiger partial charge is 0.150 e. The molecule has 0 N–H and O–H groups in total. The van der Waals surface area contributed by atoms with E-state index in [2.05, 4.69) is 18.2 Å². The number of rotatable bonds is 6. The number of aryl methyl sites for hydroxylation is 1. The van der Waals surface area contributed by atoms with E-state index >= 15 is 0 Å². The van der Waals surface area contributed by atoms with Crippen molar-refractivity contribution < 1.29 is 9.53 Å². The highest BCUT2D eigenvalue weighted by molar-refractivity contribution is 7.56. The maximum Gasteiger partial charge on any atom is 0.150 e. The van der Waals surface area contributed by atoms with Crippen LogP contribution in [0, 0.1) is 6.92 Å². The molecule has 3 aromatic rings. The van der Waals surface area contributed by atoms with E-state index in [9.17, 15) is 4.79 Å². The van der Waals surface area contributed by atoms with E-state index < -0.39 is 0 Å². The van der Waals surface area contributed by atoms with Crippen molar-refractivity contribution in [1.29, 1.82) is 0 Å². The molecule has 3 aromatic carbocycles. The summed E-state index contributed by atoms with van der Waals surface area (Å²) in [7, 11) is 0.389. The number of ether oxygens (including phenoxy) is 1. The van der Waals surface area contributed by atoms with E-state index in [1.165, 1.54) is 0 Å². The largest absolute Gasteiger partial charge is 0.488 e. The fourth-order valence-corrected chi connectivity index (χ4v) is 3.66. The monoisotopic (exact) mass is 334 g/mol. The summed E-state index contributed by atoms with van der Waals surface area (Å²) < 4.78 is 6.01. The fraction of sp³-hybridized carbons (Fsp3) is 0.0952. The molecule has 0 radical (unpaired) electrons. The molecule has 1 unspecified atom stereocenters. The minimum atomic E-state index is 0.389. The van der Waals surface area contributed by atoms with Gasteiger partial charge in [0.2, 0.25) is 0 Å². The summed E-state index contributed by atoms with van der Waals surface area (Å²) in [6.07, 6.45) is 0.933. The van der Waals surface area contributed by atoms with Crippen LogP contribution >= 0.6 is 8.58 Å². The molecule has 2 nitrogen and oxygen atoms in total.